The molecule has 0 aliphatic heterocycles. The lowest BCUT2D eigenvalue weighted by molar-refractivity contribution is -0.132. The molecule has 1 aromatic carbocycles. The number of fused-ring (bicyclic) bond motifs is 1. The van der Waals surface area contributed by atoms with Crippen molar-refractivity contribution in [3.63, 3.8) is 0 Å². The van der Waals surface area contributed by atoms with Crippen LogP contribution in [0.5, 0.6) is 0 Å². The third-order valence-electron chi connectivity index (χ3n) is 4.58. The van der Waals surface area contributed by atoms with Gasteiger partial charge in [-0.15, -0.1) is 0 Å². The monoisotopic (exact) mass is 359 g/mol. The maximum Gasteiger partial charge on any atom is 0.242 e. The van der Waals surface area contributed by atoms with Gasteiger partial charge >= 0.3 is 0 Å². The highest BCUT2D eigenvalue weighted by molar-refractivity contribution is 5.82. The van der Waals surface area contributed by atoms with E-state index >= 15 is 0 Å². The van der Waals surface area contributed by atoms with E-state index in [0.29, 0.717) is 17.7 Å². The molecule has 0 aliphatic carbocycles. The Balaban J connectivity index is 2.42. The number of hydrogen-bond donors (Lipinski definition) is 1. The molecule has 0 fully saturated rings. The van der Waals surface area contributed by atoms with Gasteiger partial charge in [-0.25, -0.2) is 4.98 Å². The molecule has 2 rings (SSSR count). The molecule has 0 bridgehead atoms. The number of hydrogen-bond acceptors (Lipinski definition) is 3. The van der Waals surface area contributed by atoms with Crippen LogP contribution in [0.25, 0.3) is 11.0 Å². The van der Waals surface area contributed by atoms with E-state index in [1.807, 2.05) is 22.5 Å². The molecular weight excluding hydrogens is 326 g/mol. The number of carbonyl (C=O) groups is 1. The van der Waals surface area contributed by atoms with Gasteiger partial charge in [0.25, 0.3) is 0 Å². The molecule has 1 amide bonds. The summed E-state index contributed by atoms with van der Waals surface area (Å²) in [5.41, 5.74) is 4.05. The quantitative estimate of drug-likeness (QED) is 0.817. The van der Waals surface area contributed by atoms with Crippen molar-refractivity contribution in [1.82, 2.24) is 14.5 Å². The lowest BCUT2D eigenvalue weighted by Gasteiger charge is -2.27. The van der Waals surface area contributed by atoms with Crippen LogP contribution in [0.3, 0.4) is 0 Å². The van der Waals surface area contributed by atoms with Crippen LogP contribution < -0.4 is 0 Å². The Morgan fingerprint density at radius 3 is 2.12 bits per heavy atom. The predicted octanol–water partition coefficient (Wildman–Crippen LogP) is 3.85. The number of aryl methyl sites for hydroxylation is 2. The Hall–Kier alpha value is -1.88. The molecule has 0 radical (unpaired) electrons. The van der Waals surface area contributed by atoms with Gasteiger partial charge in [-0.05, 0) is 55.9 Å². The van der Waals surface area contributed by atoms with Crippen LogP contribution in [0.4, 0.5) is 0 Å². The minimum absolute atomic E-state index is 0.0758. The minimum Gasteiger partial charge on any atom is -0.385 e. The summed E-state index contributed by atoms with van der Waals surface area (Å²) in [4.78, 5) is 19.6. The highest BCUT2D eigenvalue weighted by atomic mass is 16.3. The lowest BCUT2D eigenvalue weighted by Crippen LogP contribution is -2.39. The number of amides is 1. The van der Waals surface area contributed by atoms with Gasteiger partial charge < -0.3 is 14.6 Å². The molecule has 1 N–H and O–H groups in total. The van der Waals surface area contributed by atoms with Crippen molar-refractivity contribution >= 4 is 16.9 Å². The van der Waals surface area contributed by atoms with Crippen molar-refractivity contribution < 1.29 is 9.90 Å². The summed E-state index contributed by atoms with van der Waals surface area (Å²) in [5, 5.41) is 10.2. The van der Waals surface area contributed by atoms with E-state index in [-0.39, 0.29) is 12.5 Å². The highest BCUT2D eigenvalue weighted by Crippen LogP contribution is 2.24. The third kappa shape index (κ3) is 4.64. The molecule has 0 saturated carbocycles. The third-order valence-corrected chi connectivity index (χ3v) is 4.58. The molecule has 2 aromatic rings. The Kier molecular flexibility index (Phi) is 6.45. The fraction of sp³-hybridized carbons (Fsp3) is 0.619. The summed E-state index contributed by atoms with van der Waals surface area (Å²) < 4.78 is 1.88. The molecule has 1 unspecified atom stereocenters. The molecule has 1 aromatic heterocycles. The number of benzene rings is 1. The second-order valence-electron chi connectivity index (χ2n) is 8.24. The fourth-order valence-corrected chi connectivity index (χ4v) is 3.28. The first-order valence-electron chi connectivity index (χ1n) is 9.53. The van der Waals surface area contributed by atoms with Gasteiger partial charge in [-0.3, -0.25) is 4.79 Å². The normalized spacial score (nSPS) is 13.0. The number of imidazole rings is 1. The van der Waals surface area contributed by atoms with E-state index in [2.05, 4.69) is 45.7 Å². The summed E-state index contributed by atoms with van der Waals surface area (Å²) in [6, 6.07) is 4.09. The number of aromatic nitrogens is 2. The first-order chi connectivity index (χ1) is 12.1. The van der Waals surface area contributed by atoms with Crippen molar-refractivity contribution in [1.29, 1.82) is 0 Å². The molecule has 0 aliphatic rings. The first-order valence-corrected chi connectivity index (χ1v) is 9.53. The highest BCUT2D eigenvalue weighted by Gasteiger charge is 2.22. The zero-order valence-electron chi connectivity index (χ0n) is 17.2. The standard InChI is InChI=1S/C21H33N3O2/c1-13(2)10-23(11-14(3)4)20(26)12-24-19-9-16(6)15(5)8-18(19)22-21(24)17(7)25/h8-9,13-14,17,25H,10-12H2,1-7H3. The number of carbonyl (C=O) groups excluding carboxylic acids is 1. The maximum absolute atomic E-state index is 13.0. The van der Waals surface area contributed by atoms with Crippen LogP contribution in [0.2, 0.25) is 0 Å². The summed E-state index contributed by atoms with van der Waals surface area (Å²) in [5.74, 6) is 1.45. The van der Waals surface area contributed by atoms with Crippen molar-refractivity contribution in [3.05, 3.63) is 29.1 Å². The van der Waals surface area contributed by atoms with Gasteiger partial charge in [0.1, 0.15) is 18.5 Å². The molecule has 144 valence electrons. The van der Waals surface area contributed by atoms with Gasteiger partial charge in [0, 0.05) is 13.1 Å². The van der Waals surface area contributed by atoms with Crippen LogP contribution in [-0.2, 0) is 11.3 Å². The van der Waals surface area contributed by atoms with Crippen LogP contribution in [0.15, 0.2) is 12.1 Å². The molecule has 5 heteroatoms. The van der Waals surface area contributed by atoms with E-state index in [4.69, 9.17) is 0 Å². The summed E-state index contributed by atoms with van der Waals surface area (Å²) in [7, 11) is 0. The SMILES string of the molecule is Cc1cc2nc(C(C)O)n(CC(=O)N(CC(C)C)CC(C)C)c2cc1C. The topological polar surface area (TPSA) is 58.4 Å². The average Bonchev–Trinajstić information content (AvgIpc) is 2.84. The van der Waals surface area contributed by atoms with Crippen molar-refractivity contribution in [2.45, 2.75) is 61.1 Å². The average molecular weight is 360 g/mol. The molecule has 5 nitrogen and oxygen atoms in total. The Bertz CT molecular complexity index is 765. The smallest absolute Gasteiger partial charge is 0.242 e. The van der Waals surface area contributed by atoms with Gasteiger partial charge in [-0.1, -0.05) is 27.7 Å². The zero-order chi connectivity index (χ0) is 19.6. The molecule has 1 atom stereocenters. The van der Waals surface area contributed by atoms with E-state index in [9.17, 15) is 9.90 Å². The second-order valence-corrected chi connectivity index (χ2v) is 8.24. The van der Waals surface area contributed by atoms with Crippen LogP contribution in [0, 0.1) is 25.7 Å². The lowest BCUT2D eigenvalue weighted by atomic mass is 10.1. The molecule has 1 heterocycles. The fourth-order valence-electron chi connectivity index (χ4n) is 3.28. The minimum atomic E-state index is -0.723. The van der Waals surface area contributed by atoms with Gasteiger partial charge in [-0.2, -0.15) is 0 Å². The maximum atomic E-state index is 13.0. The summed E-state index contributed by atoms with van der Waals surface area (Å²) in [6.45, 7) is 16.0. The van der Waals surface area contributed by atoms with E-state index in [0.717, 1.165) is 35.2 Å². The van der Waals surface area contributed by atoms with Crippen LogP contribution in [-0.4, -0.2) is 38.6 Å². The van der Waals surface area contributed by atoms with Crippen molar-refractivity contribution in [3.8, 4) is 0 Å². The van der Waals surface area contributed by atoms with Gasteiger partial charge in [0.2, 0.25) is 5.91 Å². The van der Waals surface area contributed by atoms with Crippen LogP contribution in [0.1, 0.15) is 57.7 Å². The van der Waals surface area contributed by atoms with E-state index in [1.54, 1.807) is 6.92 Å². The Morgan fingerprint density at radius 2 is 1.62 bits per heavy atom. The number of aliphatic hydroxyl groups is 1. The predicted molar refractivity (Wildman–Crippen MR) is 106 cm³/mol. The summed E-state index contributed by atoms with van der Waals surface area (Å²) >= 11 is 0. The Labute approximate surface area is 157 Å². The largest absolute Gasteiger partial charge is 0.385 e. The molecule has 26 heavy (non-hydrogen) atoms. The first kappa shape index (κ1) is 20.4. The van der Waals surface area contributed by atoms with E-state index < -0.39 is 6.10 Å². The number of nitrogens with zero attached hydrogens (tertiary/aromatic N) is 3. The van der Waals surface area contributed by atoms with E-state index in [1.165, 1.54) is 0 Å². The molecule has 0 saturated heterocycles. The van der Waals surface area contributed by atoms with Gasteiger partial charge in [0.15, 0.2) is 0 Å². The second kappa shape index (κ2) is 8.21. The van der Waals surface area contributed by atoms with Crippen molar-refractivity contribution in [2.24, 2.45) is 11.8 Å². The van der Waals surface area contributed by atoms with Crippen molar-refractivity contribution in [2.75, 3.05) is 13.1 Å². The van der Waals surface area contributed by atoms with Crippen LogP contribution >= 0.6 is 0 Å². The van der Waals surface area contributed by atoms with Gasteiger partial charge in [0.05, 0.1) is 11.0 Å². The summed E-state index contributed by atoms with van der Waals surface area (Å²) in [6.07, 6.45) is -0.723. The number of aliphatic hydroxyl groups excluding tert-OH is 1. The molecule has 0 spiro atoms. The Morgan fingerprint density at radius 1 is 1.08 bits per heavy atom. The molecular formula is C21H33N3O2. The number of rotatable bonds is 7. The zero-order valence-corrected chi connectivity index (χ0v) is 17.2.